The minimum Gasteiger partial charge on any atom is -0.496 e. The van der Waals surface area contributed by atoms with Gasteiger partial charge in [0.2, 0.25) is 0 Å². The summed E-state index contributed by atoms with van der Waals surface area (Å²) in [5.74, 6) is 1.83. The maximum atomic E-state index is 12.3. The average Bonchev–Trinajstić information content (AvgIpc) is 3.24. The van der Waals surface area contributed by atoms with Crippen LogP contribution in [0.5, 0.6) is 11.5 Å². The highest BCUT2D eigenvalue weighted by Gasteiger charge is 2.28. The number of guanidine groups is 1. The molecule has 0 aliphatic carbocycles. The first-order valence-corrected chi connectivity index (χ1v) is 11.8. The quantitative estimate of drug-likeness (QED) is 0.419. The van der Waals surface area contributed by atoms with E-state index < -0.39 is 5.60 Å². The van der Waals surface area contributed by atoms with Gasteiger partial charge >= 0.3 is 6.09 Å². The molecule has 2 aromatic rings. The summed E-state index contributed by atoms with van der Waals surface area (Å²) in [6.45, 7) is 7.30. The summed E-state index contributed by atoms with van der Waals surface area (Å²) in [4.78, 5) is 18.7. The molecular formula is C23H33N5O4S. The molecule has 1 fully saturated rings. The van der Waals surface area contributed by atoms with E-state index in [0.29, 0.717) is 36.3 Å². The van der Waals surface area contributed by atoms with Crippen LogP contribution in [-0.2, 0) is 11.3 Å². The molecule has 33 heavy (non-hydrogen) atoms. The number of thiazole rings is 1. The lowest BCUT2D eigenvalue weighted by molar-refractivity contribution is 0.0204. The van der Waals surface area contributed by atoms with E-state index in [4.69, 9.17) is 19.6 Å². The molecule has 0 radical (unpaired) electrons. The number of nitrogens with one attached hydrogen (secondary N) is 3. The van der Waals surface area contributed by atoms with Gasteiger partial charge in [-0.15, -0.1) is 11.3 Å². The predicted octanol–water partition coefficient (Wildman–Crippen LogP) is 4.41. The van der Waals surface area contributed by atoms with Gasteiger partial charge < -0.3 is 29.7 Å². The molecular weight excluding hydrogens is 442 g/mol. The van der Waals surface area contributed by atoms with Gasteiger partial charge in [-0.1, -0.05) is 6.07 Å². The third-order valence-electron chi connectivity index (χ3n) is 5.29. The van der Waals surface area contributed by atoms with Gasteiger partial charge in [0, 0.05) is 24.4 Å². The lowest BCUT2D eigenvalue weighted by Crippen LogP contribution is -2.41. The van der Waals surface area contributed by atoms with Gasteiger partial charge in [-0.05, 0) is 45.7 Å². The van der Waals surface area contributed by atoms with Crippen molar-refractivity contribution in [2.75, 3.05) is 32.6 Å². The Morgan fingerprint density at radius 3 is 2.42 bits per heavy atom. The molecule has 1 amide bonds. The summed E-state index contributed by atoms with van der Waals surface area (Å²) in [6.07, 6.45) is 1.42. The normalized spacial score (nSPS) is 14.5. The number of hydrogen-bond acceptors (Lipinski definition) is 7. The van der Waals surface area contributed by atoms with E-state index in [1.807, 2.05) is 44.4 Å². The second-order valence-electron chi connectivity index (χ2n) is 8.81. The number of ether oxygens (including phenoxy) is 3. The van der Waals surface area contributed by atoms with E-state index in [9.17, 15) is 4.79 Å². The van der Waals surface area contributed by atoms with Gasteiger partial charge in [-0.2, -0.15) is 0 Å². The predicted molar refractivity (Wildman–Crippen MR) is 130 cm³/mol. The SMILES string of the molecule is COc1cccc(OC)c1CNC(=N)Nc1nc(C2CCN(C(=O)OC(C)(C)C)CC2)cs1. The highest BCUT2D eigenvalue weighted by molar-refractivity contribution is 7.13. The maximum absolute atomic E-state index is 12.3. The average molecular weight is 476 g/mol. The largest absolute Gasteiger partial charge is 0.496 e. The van der Waals surface area contributed by atoms with Crippen molar-refractivity contribution in [1.29, 1.82) is 5.41 Å². The number of rotatable bonds is 6. The number of carbonyl (C=O) groups is 1. The topological polar surface area (TPSA) is 109 Å². The third-order valence-corrected chi connectivity index (χ3v) is 6.07. The van der Waals surface area contributed by atoms with E-state index in [2.05, 4.69) is 15.6 Å². The second-order valence-corrected chi connectivity index (χ2v) is 9.67. The summed E-state index contributed by atoms with van der Waals surface area (Å²) in [5, 5.41) is 17.0. The molecule has 0 unspecified atom stereocenters. The van der Waals surface area contributed by atoms with Gasteiger partial charge in [-0.3, -0.25) is 5.41 Å². The Hall–Kier alpha value is -3.01. The first-order chi connectivity index (χ1) is 15.7. The van der Waals surface area contributed by atoms with E-state index >= 15 is 0 Å². The highest BCUT2D eigenvalue weighted by atomic mass is 32.1. The van der Waals surface area contributed by atoms with Crippen molar-refractivity contribution in [2.24, 2.45) is 0 Å². The summed E-state index contributed by atoms with van der Waals surface area (Å²) in [5.41, 5.74) is 1.34. The second kappa shape index (κ2) is 10.7. The Kier molecular flexibility index (Phi) is 8.01. The van der Waals surface area contributed by atoms with Gasteiger partial charge in [0.15, 0.2) is 11.1 Å². The lowest BCUT2D eigenvalue weighted by Gasteiger charge is -2.32. The Morgan fingerprint density at radius 2 is 1.85 bits per heavy atom. The van der Waals surface area contributed by atoms with Crippen LogP contribution in [0.4, 0.5) is 9.93 Å². The molecule has 0 bridgehead atoms. The first-order valence-electron chi connectivity index (χ1n) is 10.9. The monoisotopic (exact) mass is 475 g/mol. The van der Waals surface area contributed by atoms with Crippen molar-refractivity contribution in [2.45, 2.75) is 51.7 Å². The minimum absolute atomic E-state index is 0.142. The molecule has 1 aliphatic rings. The zero-order valence-electron chi connectivity index (χ0n) is 19.9. The molecule has 3 rings (SSSR count). The van der Waals surface area contributed by atoms with Gasteiger partial charge in [0.25, 0.3) is 0 Å². The van der Waals surface area contributed by atoms with Crippen LogP contribution in [0.2, 0.25) is 0 Å². The number of benzene rings is 1. The van der Waals surface area contributed by atoms with Crippen molar-refractivity contribution in [3.63, 3.8) is 0 Å². The van der Waals surface area contributed by atoms with Crippen molar-refractivity contribution >= 4 is 28.5 Å². The maximum Gasteiger partial charge on any atom is 0.410 e. The molecule has 3 N–H and O–H groups in total. The number of methoxy groups -OCH3 is 2. The molecule has 1 aromatic carbocycles. The molecule has 0 saturated carbocycles. The van der Waals surface area contributed by atoms with Crippen LogP contribution >= 0.6 is 11.3 Å². The van der Waals surface area contributed by atoms with Gasteiger partial charge in [-0.25, -0.2) is 9.78 Å². The number of aromatic nitrogens is 1. The molecule has 0 atom stereocenters. The van der Waals surface area contributed by atoms with Gasteiger partial charge in [0.1, 0.15) is 17.1 Å². The number of likely N-dealkylation sites (tertiary alicyclic amines) is 1. The molecule has 1 saturated heterocycles. The van der Waals surface area contributed by atoms with E-state index in [1.54, 1.807) is 19.1 Å². The Labute approximate surface area is 198 Å². The summed E-state index contributed by atoms with van der Waals surface area (Å²) in [7, 11) is 3.22. The Balaban J connectivity index is 1.50. The number of amides is 1. The van der Waals surface area contributed by atoms with Crippen molar-refractivity contribution in [3.8, 4) is 11.5 Å². The summed E-state index contributed by atoms with van der Waals surface area (Å²) in [6, 6.07) is 5.58. The van der Waals surface area contributed by atoms with E-state index in [-0.39, 0.29) is 18.0 Å². The molecule has 1 aliphatic heterocycles. The Bertz CT molecular complexity index is 942. The van der Waals surface area contributed by atoms with E-state index in [1.165, 1.54) is 11.3 Å². The fraction of sp³-hybridized carbons (Fsp3) is 0.522. The summed E-state index contributed by atoms with van der Waals surface area (Å²) < 4.78 is 16.3. The van der Waals surface area contributed by atoms with Crippen molar-refractivity contribution in [1.82, 2.24) is 15.2 Å². The lowest BCUT2D eigenvalue weighted by atomic mass is 9.94. The number of piperidine rings is 1. The smallest absolute Gasteiger partial charge is 0.410 e. The van der Waals surface area contributed by atoms with Crippen LogP contribution in [0.3, 0.4) is 0 Å². The van der Waals surface area contributed by atoms with Crippen molar-refractivity contribution < 1.29 is 19.0 Å². The third kappa shape index (κ3) is 6.74. The van der Waals surface area contributed by atoms with Crippen LogP contribution in [-0.4, -0.2) is 54.8 Å². The molecule has 2 heterocycles. The highest BCUT2D eigenvalue weighted by Crippen LogP contribution is 2.31. The standard InChI is InChI=1S/C23H33N5O4S/c1-23(2,3)32-22(29)28-11-9-15(10-12-28)17-14-33-21(26-17)27-20(24)25-13-16-18(30-4)7-6-8-19(16)31-5/h6-8,14-15H,9-13H2,1-5H3,(H3,24,25,26,27). The summed E-state index contributed by atoms with van der Waals surface area (Å²) >= 11 is 1.47. The fourth-order valence-electron chi connectivity index (χ4n) is 3.65. The molecule has 0 spiro atoms. The molecule has 10 heteroatoms. The van der Waals surface area contributed by atoms with Crippen LogP contribution in [0, 0.1) is 5.41 Å². The fourth-order valence-corrected chi connectivity index (χ4v) is 4.44. The molecule has 1 aromatic heterocycles. The zero-order valence-corrected chi connectivity index (χ0v) is 20.7. The first kappa shape index (κ1) is 24.6. The zero-order chi connectivity index (χ0) is 24.0. The van der Waals surface area contributed by atoms with Crippen LogP contribution in [0.1, 0.15) is 50.8 Å². The van der Waals surface area contributed by atoms with Crippen molar-refractivity contribution in [3.05, 3.63) is 34.8 Å². The van der Waals surface area contributed by atoms with Crippen LogP contribution in [0.25, 0.3) is 0 Å². The number of nitrogens with zero attached hydrogens (tertiary/aromatic N) is 2. The number of carbonyl (C=O) groups excluding carboxylic acids is 1. The number of anilines is 1. The molecule has 9 nitrogen and oxygen atoms in total. The minimum atomic E-state index is -0.487. The number of hydrogen-bond donors (Lipinski definition) is 3. The van der Waals surface area contributed by atoms with Crippen LogP contribution in [0.15, 0.2) is 23.6 Å². The molecule has 180 valence electrons. The van der Waals surface area contributed by atoms with Crippen LogP contribution < -0.4 is 20.1 Å². The van der Waals surface area contributed by atoms with Gasteiger partial charge in [0.05, 0.1) is 32.0 Å². The van der Waals surface area contributed by atoms with E-state index in [0.717, 1.165) is 24.1 Å². The Morgan fingerprint density at radius 1 is 1.21 bits per heavy atom.